The molecule has 0 aliphatic carbocycles. The molecular formula is C11H19N3O4. The molecule has 18 heavy (non-hydrogen) atoms. The molecule has 0 spiro atoms. The summed E-state index contributed by atoms with van der Waals surface area (Å²) < 4.78 is 5.19. The van der Waals surface area contributed by atoms with Gasteiger partial charge in [-0.1, -0.05) is 6.92 Å². The molecule has 102 valence electrons. The quantitative estimate of drug-likeness (QED) is 0.703. The summed E-state index contributed by atoms with van der Waals surface area (Å²) in [5.74, 6) is -1.29. The fourth-order valence-corrected chi connectivity index (χ4v) is 2.34. The maximum atomic E-state index is 12.0. The number of ether oxygens (including phenoxy) is 1. The Kier molecular flexibility index (Phi) is 4.03. The van der Waals surface area contributed by atoms with Crippen molar-refractivity contribution in [2.24, 2.45) is 11.8 Å². The number of carboxylic acid groups (broad SMARTS) is 1. The first-order valence-corrected chi connectivity index (χ1v) is 6.19. The van der Waals surface area contributed by atoms with Crippen LogP contribution in [0.4, 0.5) is 4.79 Å². The smallest absolute Gasteiger partial charge is 0.331 e. The third-order valence-electron chi connectivity index (χ3n) is 3.48. The van der Waals surface area contributed by atoms with Gasteiger partial charge in [0.1, 0.15) is 0 Å². The fourth-order valence-electron chi connectivity index (χ4n) is 2.34. The topological polar surface area (TPSA) is 82.1 Å². The lowest BCUT2D eigenvalue weighted by Gasteiger charge is -2.29. The SMILES string of the molecule is C[C@@H]1CN(C(=O)NN2CCOCC2)C[C@H]1C(=O)O. The summed E-state index contributed by atoms with van der Waals surface area (Å²) in [6.45, 7) is 5.18. The van der Waals surface area contributed by atoms with Crippen LogP contribution in [0, 0.1) is 11.8 Å². The molecular weight excluding hydrogens is 238 g/mol. The maximum absolute atomic E-state index is 12.0. The average Bonchev–Trinajstić information content (AvgIpc) is 2.73. The number of amides is 2. The number of urea groups is 1. The first kappa shape index (κ1) is 13.1. The maximum Gasteiger partial charge on any atom is 0.331 e. The third kappa shape index (κ3) is 2.91. The number of morpholine rings is 1. The molecule has 0 bridgehead atoms. The van der Waals surface area contributed by atoms with Crippen molar-refractivity contribution in [2.45, 2.75) is 6.92 Å². The zero-order valence-corrected chi connectivity index (χ0v) is 10.5. The summed E-state index contributed by atoms with van der Waals surface area (Å²) in [6.07, 6.45) is 0. The predicted molar refractivity (Wildman–Crippen MR) is 62.8 cm³/mol. The Hall–Kier alpha value is -1.34. The van der Waals surface area contributed by atoms with Crippen LogP contribution in [0.5, 0.6) is 0 Å². The van der Waals surface area contributed by atoms with Crippen molar-refractivity contribution < 1.29 is 19.4 Å². The Morgan fingerprint density at radius 2 is 1.94 bits per heavy atom. The highest BCUT2D eigenvalue weighted by Crippen LogP contribution is 2.23. The van der Waals surface area contributed by atoms with Crippen LogP contribution in [0.2, 0.25) is 0 Å². The van der Waals surface area contributed by atoms with Gasteiger partial charge in [-0.2, -0.15) is 0 Å². The summed E-state index contributed by atoms with van der Waals surface area (Å²) >= 11 is 0. The van der Waals surface area contributed by atoms with Crippen molar-refractivity contribution >= 4 is 12.0 Å². The van der Waals surface area contributed by atoms with E-state index in [1.807, 2.05) is 11.9 Å². The number of hydrazine groups is 1. The number of rotatable bonds is 2. The third-order valence-corrected chi connectivity index (χ3v) is 3.48. The van der Waals surface area contributed by atoms with Crippen LogP contribution in [0.25, 0.3) is 0 Å². The minimum atomic E-state index is -0.829. The van der Waals surface area contributed by atoms with Gasteiger partial charge in [0.15, 0.2) is 0 Å². The van der Waals surface area contributed by atoms with Crippen molar-refractivity contribution in [3.8, 4) is 0 Å². The zero-order valence-electron chi connectivity index (χ0n) is 10.5. The van der Waals surface area contributed by atoms with Crippen molar-refractivity contribution in [3.63, 3.8) is 0 Å². The Balaban J connectivity index is 1.84. The second kappa shape index (κ2) is 5.53. The number of carboxylic acids is 1. The predicted octanol–water partition coefficient (Wildman–Crippen LogP) is -0.404. The molecule has 2 heterocycles. The van der Waals surface area contributed by atoms with E-state index in [0.29, 0.717) is 32.8 Å². The number of nitrogens with one attached hydrogen (secondary N) is 1. The molecule has 7 heteroatoms. The van der Waals surface area contributed by atoms with Gasteiger partial charge in [0.05, 0.1) is 19.1 Å². The molecule has 0 aromatic carbocycles. The minimum Gasteiger partial charge on any atom is -0.481 e. The van der Waals surface area contributed by atoms with Gasteiger partial charge < -0.3 is 14.7 Å². The summed E-state index contributed by atoms with van der Waals surface area (Å²) in [5, 5.41) is 10.8. The van der Waals surface area contributed by atoms with Gasteiger partial charge in [0.2, 0.25) is 0 Å². The first-order valence-electron chi connectivity index (χ1n) is 6.19. The summed E-state index contributed by atoms with van der Waals surface area (Å²) in [7, 11) is 0. The van der Waals surface area contributed by atoms with E-state index in [9.17, 15) is 9.59 Å². The highest BCUT2D eigenvalue weighted by molar-refractivity contribution is 5.77. The highest BCUT2D eigenvalue weighted by Gasteiger charge is 2.37. The number of aliphatic carboxylic acids is 1. The standard InChI is InChI=1S/C11H19N3O4/c1-8-6-13(7-9(8)10(15)16)11(17)12-14-2-4-18-5-3-14/h8-9H,2-7H2,1H3,(H,12,17)(H,15,16)/t8-,9-/m1/s1. The largest absolute Gasteiger partial charge is 0.481 e. The molecule has 0 saturated carbocycles. The molecule has 2 rings (SSSR count). The molecule has 0 aromatic heterocycles. The van der Waals surface area contributed by atoms with Crippen LogP contribution >= 0.6 is 0 Å². The van der Waals surface area contributed by atoms with E-state index in [4.69, 9.17) is 9.84 Å². The van der Waals surface area contributed by atoms with E-state index < -0.39 is 11.9 Å². The molecule has 7 nitrogen and oxygen atoms in total. The molecule has 2 amide bonds. The van der Waals surface area contributed by atoms with Gasteiger partial charge in [0.25, 0.3) is 0 Å². The van der Waals surface area contributed by atoms with E-state index in [1.54, 1.807) is 4.90 Å². The summed E-state index contributed by atoms with van der Waals surface area (Å²) in [4.78, 5) is 24.5. The molecule has 0 aromatic rings. The van der Waals surface area contributed by atoms with Gasteiger partial charge >= 0.3 is 12.0 Å². The number of carbonyl (C=O) groups excluding carboxylic acids is 1. The molecule has 2 atom stereocenters. The molecule has 2 aliphatic heterocycles. The number of hydrogen-bond acceptors (Lipinski definition) is 4. The Bertz CT molecular complexity index is 330. The first-order chi connectivity index (χ1) is 8.58. The van der Waals surface area contributed by atoms with Gasteiger partial charge in [-0.3, -0.25) is 10.2 Å². The Labute approximate surface area is 106 Å². The van der Waals surface area contributed by atoms with Crippen LogP contribution in [0.15, 0.2) is 0 Å². The van der Waals surface area contributed by atoms with E-state index in [2.05, 4.69) is 5.43 Å². The van der Waals surface area contributed by atoms with E-state index >= 15 is 0 Å². The summed E-state index contributed by atoms with van der Waals surface area (Å²) in [6, 6.07) is -0.215. The average molecular weight is 257 g/mol. The Morgan fingerprint density at radius 1 is 1.28 bits per heavy atom. The number of hydrogen-bond donors (Lipinski definition) is 2. The lowest BCUT2D eigenvalue weighted by molar-refractivity contribution is -0.142. The molecule has 2 saturated heterocycles. The molecule has 2 fully saturated rings. The van der Waals surface area contributed by atoms with Crippen molar-refractivity contribution in [1.29, 1.82) is 0 Å². The van der Waals surface area contributed by atoms with Crippen molar-refractivity contribution in [2.75, 3.05) is 39.4 Å². The van der Waals surface area contributed by atoms with Crippen LogP contribution < -0.4 is 5.43 Å². The van der Waals surface area contributed by atoms with Crippen LogP contribution in [0.1, 0.15) is 6.92 Å². The van der Waals surface area contributed by atoms with Crippen molar-refractivity contribution in [3.05, 3.63) is 0 Å². The molecule has 2 N–H and O–H groups in total. The summed E-state index contributed by atoms with van der Waals surface area (Å²) in [5.41, 5.74) is 2.79. The van der Waals surface area contributed by atoms with E-state index in [0.717, 1.165) is 0 Å². The van der Waals surface area contributed by atoms with Crippen molar-refractivity contribution in [1.82, 2.24) is 15.3 Å². The second-order valence-corrected chi connectivity index (χ2v) is 4.84. The van der Waals surface area contributed by atoms with Crippen LogP contribution in [-0.2, 0) is 9.53 Å². The normalized spacial score (nSPS) is 29.3. The molecule has 2 aliphatic rings. The van der Waals surface area contributed by atoms with Crippen LogP contribution in [0.3, 0.4) is 0 Å². The number of nitrogens with zero attached hydrogens (tertiary/aromatic N) is 2. The lowest BCUT2D eigenvalue weighted by Crippen LogP contribution is -2.52. The number of carbonyl (C=O) groups is 2. The second-order valence-electron chi connectivity index (χ2n) is 4.84. The Morgan fingerprint density at radius 3 is 2.50 bits per heavy atom. The monoisotopic (exact) mass is 257 g/mol. The molecule has 0 radical (unpaired) electrons. The highest BCUT2D eigenvalue weighted by atomic mass is 16.5. The zero-order chi connectivity index (χ0) is 13.1. The minimum absolute atomic E-state index is 0.00191. The molecule has 0 unspecified atom stereocenters. The van der Waals surface area contributed by atoms with Crippen LogP contribution in [-0.4, -0.2) is 66.4 Å². The van der Waals surface area contributed by atoms with Gasteiger partial charge in [0, 0.05) is 26.2 Å². The fraction of sp³-hybridized carbons (Fsp3) is 0.818. The van der Waals surface area contributed by atoms with E-state index in [-0.39, 0.29) is 18.5 Å². The van der Waals surface area contributed by atoms with Gasteiger partial charge in [-0.05, 0) is 5.92 Å². The van der Waals surface area contributed by atoms with Gasteiger partial charge in [-0.25, -0.2) is 9.80 Å². The number of likely N-dealkylation sites (tertiary alicyclic amines) is 1. The lowest BCUT2D eigenvalue weighted by atomic mass is 9.99. The van der Waals surface area contributed by atoms with Gasteiger partial charge in [-0.15, -0.1) is 0 Å². The van der Waals surface area contributed by atoms with E-state index in [1.165, 1.54) is 0 Å².